The maximum absolute atomic E-state index is 5.69. The third-order valence-electron chi connectivity index (χ3n) is 6.14. The van der Waals surface area contributed by atoms with Gasteiger partial charge in [-0.1, -0.05) is 18.6 Å². The van der Waals surface area contributed by atoms with E-state index in [0.717, 1.165) is 39.4 Å². The van der Waals surface area contributed by atoms with Crippen molar-refractivity contribution in [3.8, 4) is 0 Å². The molecule has 2 rings (SSSR count). The maximum atomic E-state index is 5.69. The quantitative estimate of drug-likeness (QED) is 0.592. The van der Waals surface area contributed by atoms with E-state index in [1.54, 1.807) is 5.57 Å². The Labute approximate surface area is 155 Å². The summed E-state index contributed by atoms with van der Waals surface area (Å²) in [6.45, 7) is 10.6. The summed E-state index contributed by atoms with van der Waals surface area (Å²) < 4.78 is 11.2. The minimum atomic E-state index is 0.654. The summed E-state index contributed by atoms with van der Waals surface area (Å²) in [4.78, 5) is 5.05. The summed E-state index contributed by atoms with van der Waals surface area (Å²) in [6.07, 6.45) is 9.80. The molecule has 3 unspecified atom stereocenters. The molecule has 1 fully saturated rings. The van der Waals surface area contributed by atoms with Crippen molar-refractivity contribution in [2.45, 2.75) is 64.5 Å². The Bertz CT molecular complexity index is 389. The first kappa shape index (κ1) is 20.9. The molecule has 0 aliphatic carbocycles. The smallest absolute Gasteiger partial charge is 0.0650 e. The molecule has 0 aromatic rings. The van der Waals surface area contributed by atoms with Crippen LogP contribution in [0.2, 0.25) is 0 Å². The van der Waals surface area contributed by atoms with Gasteiger partial charge >= 0.3 is 0 Å². The number of hydrogen-bond donors (Lipinski definition) is 0. The SMILES string of the molecule is CC(CCC(CCC(C)N(C)C)N1CCCOCC1)C1=CCOCC1. The third-order valence-corrected chi connectivity index (χ3v) is 6.14. The first-order valence-corrected chi connectivity index (χ1v) is 10.3. The van der Waals surface area contributed by atoms with Crippen LogP contribution in [0.3, 0.4) is 0 Å². The van der Waals surface area contributed by atoms with Crippen molar-refractivity contribution >= 4 is 0 Å². The van der Waals surface area contributed by atoms with E-state index < -0.39 is 0 Å². The van der Waals surface area contributed by atoms with Gasteiger partial charge in [0.2, 0.25) is 0 Å². The van der Waals surface area contributed by atoms with Crippen LogP contribution < -0.4 is 0 Å². The molecular formula is C21H40N2O2. The lowest BCUT2D eigenvalue weighted by Crippen LogP contribution is -2.39. The lowest BCUT2D eigenvalue weighted by Gasteiger charge is -2.33. The zero-order valence-electron chi connectivity index (χ0n) is 17.0. The van der Waals surface area contributed by atoms with Crippen LogP contribution in [0.4, 0.5) is 0 Å². The number of hydrogen-bond acceptors (Lipinski definition) is 4. The minimum Gasteiger partial charge on any atom is -0.380 e. The summed E-state index contributed by atoms with van der Waals surface area (Å²) in [5, 5.41) is 0. The molecule has 0 bridgehead atoms. The second kappa shape index (κ2) is 11.3. The predicted molar refractivity (Wildman–Crippen MR) is 105 cm³/mol. The zero-order valence-corrected chi connectivity index (χ0v) is 17.0. The lowest BCUT2D eigenvalue weighted by atomic mass is 9.89. The normalized spacial score (nSPS) is 23.8. The highest BCUT2D eigenvalue weighted by atomic mass is 16.5. The summed E-state index contributed by atoms with van der Waals surface area (Å²) in [5.74, 6) is 0.695. The van der Waals surface area contributed by atoms with Crippen molar-refractivity contribution < 1.29 is 9.47 Å². The Morgan fingerprint density at radius 3 is 2.52 bits per heavy atom. The third kappa shape index (κ3) is 7.38. The van der Waals surface area contributed by atoms with Gasteiger partial charge in [0.25, 0.3) is 0 Å². The Hall–Kier alpha value is -0.420. The fourth-order valence-corrected chi connectivity index (χ4v) is 3.95. The Kier molecular flexibility index (Phi) is 9.46. The Morgan fingerprint density at radius 2 is 1.80 bits per heavy atom. The van der Waals surface area contributed by atoms with Crippen LogP contribution >= 0.6 is 0 Å². The van der Waals surface area contributed by atoms with Gasteiger partial charge in [-0.3, -0.25) is 4.90 Å². The van der Waals surface area contributed by atoms with Gasteiger partial charge in [0.1, 0.15) is 0 Å². The van der Waals surface area contributed by atoms with Gasteiger partial charge in [-0.25, -0.2) is 0 Å². The molecule has 2 aliphatic rings. The van der Waals surface area contributed by atoms with Crippen molar-refractivity contribution in [3.05, 3.63) is 11.6 Å². The highest BCUT2D eigenvalue weighted by Crippen LogP contribution is 2.26. The maximum Gasteiger partial charge on any atom is 0.0650 e. The highest BCUT2D eigenvalue weighted by Gasteiger charge is 2.22. The van der Waals surface area contributed by atoms with E-state index in [-0.39, 0.29) is 0 Å². The molecule has 146 valence electrons. The fourth-order valence-electron chi connectivity index (χ4n) is 3.95. The van der Waals surface area contributed by atoms with Gasteiger partial charge in [-0.2, -0.15) is 0 Å². The molecule has 0 saturated carbocycles. The van der Waals surface area contributed by atoms with Crippen LogP contribution in [-0.4, -0.2) is 75.5 Å². The van der Waals surface area contributed by atoms with Crippen LogP contribution in [0.25, 0.3) is 0 Å². The first-order chi connectivity index (χ1) is 12.1. The summed E-state index contributed by atoms with van der Waals surface area (Å²) in [6, 6.07) is 1.35. The van der Waals surface area contributed by atoms with E-state index in [0.29, 0.717) is 18.0 Å². The molecule has 4 heteroatoms. The first-order valence-electron chi connectivity index (χ1n) is 10.3. The molecule has 2 aliphatic heterocycles. The van der Waals surface area contributed by atoms with Crippen molar-refractivity contribution in [1.82, 2.24) is 9.80 Å². The molecule has 0 aromatic heterocycles. The van der Waals surface area contributed by atoms with Gasteiger partial charge in [0.05, 0.1) is 19.8 Å². The van der Waals surface area contributed by atoms with Gasteiger partial charge < -0.3 is 14.4 Å². The van der Waals surface area contributed by atoms with Crippen LogP contribution in [0, 0.1) is 5.92 Å². The topological polar surface area (TPSA) is 24.9 Å². The number of rotatable bonds is 9. The highest BCUT2D eigenvalue weighted by molar-refractivity contribution is 5.08. The molecule has 0 N–H and O–H groups in total. The second-order valence-electron chi connectivity index (χ2n) is 8.13. The van der Waals surface area contributed by atoms with Gasteiger partial charge in [0.15, 0.2) is 0 Å². The van der Waals surface area contributed by atoms with Crippen LogP contribution in [0.1, 0.15) is 52.4 Å². The molecule has 3 atom stereocenters. The molecule has 25 heavy (non-hydrogen) atoms. The predicted octanol–water partition coefficient (Wildman–Crippen LogP) is 3.57. The summed E-state index contributed by atoms with van der Waals surface area (Å²) >= 11 is 0. The van der Waals surface area contributed by atoms with Crippen LogP contribution in [-0.2, 0) is 9.47 Å². The van der Waals surface area contributed by atoms with E-state index >= 15 is 0 Å². The van der Waals surface area contributed by atoms with Crippen LogP contribution in [0.5, 0.6) is 0 Å². The van der Waals surface area contributed by atoms with Gasteiger partial charge in [0, 0.05) is 31.8 Å². The molecule has 0 radical (unpaired) electrons. The van der Waals surface area contributed by atoms with Gasteiger partial charge in [-0.15, -0.1) is 0 Å². The number of ether oxygens (including phenoxy) is 2. The molecule has 1 saturated heterocycles. The van der Waals surface area contributed by atoms with E-state index in [1.807, 2.05) is 0 Å². The minimum absolute atomic E-state index is 0.654. The monoisotopic (exact) mass is 352 g/mol. The average molecular weight is 353 g/mol. The van der Waals surface area contributed by atoms with E-state index in [1.165, 1.54) is 38.6 Å². The summed E-state index contributed by atoms with van der Waals surface area (Å²) in [7, 11) is 4.39. The molecule has 4 nitrogen and oxygen atoms in total. The van der Waals surface area contributed by atoms with E-state index in [9.17, 15) is 0 Å². The average Bonchev–Trinajstić information content (AvgIpc) is 2.91. The molecular weight excluding hydrogens is 312 g/mol. The largest absolute Gasteiger partial charge is 0.380 e. The van der Waals surface area contributed by atoms with Crippen molar-refractivity contribution in [1.29, 1.82) is 0 Å². The Morgan fingerprint density at radius 1 is 1.00 bits per heavy atom. The van der Waals surface area contributed by atoms with Crippen LogP contribution in [0.15, 0.2) is 11.6 Å². The number of nitrogens with zero attached hydrogens (tertiary/aromatic N) is 2. The standard InChI is InChI=1S/C21H40N2O2/c1-18(20-10-15-25-16-11-20)6-8-21(9-7-19(2)22(3)4)23-12-5-14-24-17-13-23/h10,18-19,21H,5-9,11-17H2,1-4H3. The fraction of sp³-hybridized carbons (Fsp3) is 0.905. The van der Waals surface area contributed by atoms with Crippen molar-refractivity contribution in [2.75, 3.05) is 53.6 Å². The van der Waals surface area contributed by atoms with Gasteiger partial charge in [-0.05, 0) is 65.5 Å². The molecule has 0 aromatic carbocycles. The molecule has 2 heterocycles. The zero-order chi connectivity index (χ0) is 18.1. The van der Waals surface area contributed by atoms with E-state index in [4.69, 9.17) is 9.47 Å². The van der Waals surface area contributed by atoms with Crippen molar-refractivity contribution in [3.63, 3.8) is 0 Å². The Balaban J connectivity index is 1.88. The lowest BCUT2D eigenvalue weighted by molar-refractivity contribution is 0.121. The second-order valence-corrected chi connectivity index (χ2v) is 8.13. The summed E-state index contributed by atoms with van der Waals surface area (Å²) in [5.41, 5.74) is 1.62. The molecule has 0 spiro atoms. The van der Waals surface area contributed by atoms with Crippen molar-refractivity contribution in [2.24, 2.45) is 5.92 Å². The molecule has 0 amide bonds. The van der Waals surface area contributed by atoms with E-state index in [2.05, 4.69) is 43.8 Å².